The third-order valence-electron chi connectivity index (χ3n) is 6.87. The molecular weight excluding hydrogens is 390 g/mol. The number of hydrogen-bond donors (Lipinski definition) is 0. The Morgan fingerprint density at radius 1 is 0.625 bits per heavy atom. The van der Waals surface area contributed by atoms with E-state index in [1.165, 1.54) is 98.1 Å². The minimum Gasteiger partial charge on any atom is -0.378 e. The molecule has 0 aromatic heterocycles. The summed E-state index contributed by atoms with van der Waals surface area (Å²) in [6, 6.07) is 14.0. The van der Waals surface area contributed by atoms with Crippen LogP contribution in [0.2, 0.25) is 0 Å². The van der Waals surface area contributed by atoms with Crippen molar-refractivity contribution in [1.82, 2.24) is 0 Å². The summed E-state index contributed by atoms with van der Waals surface area (Å²) in [6.45, 7) is 3.39. The van der Waals surface area contributed by atoms with Crippen LogP contribution >= 0.6 is 0 Å². The summed E-state index contributed by atoms with van der Waals surface area (Å²) in [5, 5.41) is 0. The molecule has 0 aliphatic carbocycles. The smallest absolute Gasteiger partial charge is 0.0467 e. The fraction of sp³-hybridized carbons (Fsp3) is 0.586. The van der Waals surface area contributed by atoms with E-state index in [0.29, 0.717) is 0 Å². The molecule has 0 N–H and O–H groups in total. The van der Waals surface area contributed by atoms with Crippen LogP contribution < -0.4 is 14.7 Å². The normalized spacial score (nSPS) is 12.5. The molecular formula is C29H45N3. The molecule has 0 fully saturated rings. The molecule has 1 heterocycles. The van der Waals surface area contributed by atoms with Gasteiger partial charge in [-0.1, -0.05) is 76.8 Å². The van der Waals surface area contributed by atoms with Gasteiger partial charge in [0.1, 0.15) is 0 Å². The average Bonchev–Trinajstić information content (AvgIpc) is 2.78. The zero-order chi connectivity index (χ0) is 22.9. The molecule has 0 bridgehead atoms. The maximum Gasteiger partial charge on any atom is 0.0467 e. The lowest BCUT2D eigenvalue weighted by atomic mass is 9.94. The maximum absolute atomic E-state index is 2.60. The molecule has 3 rings (SSSR count). The van der Waals surface area contributed by atoms with Gasteiger partial charge in [-0.15, -0.1) is 0 Å². The van der Waals surface area contributed by atoms with Crippen LogP contribution in [0.1, 0.15) is 82.3 Å². The number of benzene rings is 2. The van der Waals surface area contributed by atoms with Gasteiger partial charge in [-0.3, -0.25) is 0 Å². The quantitative estimate of drug-likeness (QED) is 0.297. The van der Waals surface area contributed by atoms with Crippen LogP contribution in [0.4, 0.5) is 22.7 Å². The van der Waals surface area contributed by atoms with E-state index >= 15 is 0 Å². The minimum absolute atomic E-state index is 1.03. The van der Waals surface area contributed by atoms with Crippen molar-refractivity contribution in [3.8, 4) is 0 Å². The summed E-state index contributed by atoms with van der Waals surface area (Å²) in [5.74, 6) is 0. The van der Waals surface area contributed by atoms with Crippen LogP contribution in [-0.4, -0.2) is 34.7 Å². The van der Waals surface area contributed by atoms with Gasteiger partial charge in [0.05, 0.1) is 0 Å². The Bertz CT molecular complexity index is 783. The SMILES string of the molecule is CCCCCCCCCCCCN1c2cc(N(C)C)ccc2Cc2ccc(N(C)C)cc21. The Morgan fingerprint density at radius 2 is 1.06 bits per heavy atom. The predicted octanol–water partition coefficient (Wildman–Crippen LogP) is 7.78. The molecule has 0 radical (unpaired) electrons. The zero-order valence-electron chi connectivity index (χ0n) is 21.3. The standard InChI is InChI=1S/C29H45N3/c1-6-7-8-9-10-11-12-13-14-15-20-32-28-22-26(30(2)3)18-16-24(28)21-25-17-19-27(31(4)5)23-29(25)32/h16-19,22-23H,6-15,20-21H2,1-5H3. The van der Waals surface area contributed by atoms with Gasteiger partial charge in [-0.25, -0.2) is 0 Å². The molecule has 0 saturated carbocycles. The fourth-order valence-electron chi connectivity index (χ4n) is 4.80. The van der Waals surface area contributed by atoms with E-state index in [0.717, 1.165) is 13.0 Å². The van der Waals surface area contributed by atoms with Gasteiger partial charge in [0.25, 0.3) is 0 Å². The van der Waals surface area contributed by atoms with Gasteiger partial charge in [-0.05, 0) is 41.8 Å². The Hall–Kier alpha value is -2.16. The maximum atomic E-state index is 2.60. The molecule has 0 amide bonds. The summed E-state index contributed by atoms with van der Waals surface area (Å²) >= 11 is 0. The molecule has 0 spiro atoms. The van der Waals surface area contributed by atoms with E-state index in [2.05, 4.69) is 86.2 Å². The molecule has 2 aromatic carbocycles. The monoisotopic (exact) mass is 435 g/mol. The van der Waals surface area contributed by atoms with Crippen LogP contribution in [0.25, 0.3) is 0 Å². The number of anilines is 4. The summed E-state index contributed by atoms with van der Waals surface area (Å²) in [5.41, 5.74) is 8.26. The molecule has 176 valence electrons. The van der Waals surface area contributed by atoms with Gasteiger partial charge >= 0.3 is 0 Å². The van der Waals surface area contributed by atoms with E-state index < -0.39 is 0 Å². The van der Waals surface area contributed by atoms with Gasteiger partial charge < -0.3 is 14.7 Å². The molecule has 3 heteroatoms. The first-order chi connectivity index (χ1) is 15.5. The Kier molecular flexibility index (Phi) is 9.32. The van der Waals surface area contributed by atoms with Gasteiger partial charge in [0, 0.05) is 63.9 Å². The molecule has 1 aliphatic rings. The fourth-order valence-corrected chi connectivity index (χ4v) is 4.80. The first kappa shape index (κ1) is 24.5. The van der Waals surface area contributed by atoms with Crippen molar-refractivity contribution in [2.75, 3.05) is 49.4 Å². The second-order valence-corrected chi connectivity index (χ2v) is 9.93. The van der Waals surface area contributed by atoms with E-state index in [9.17, 15) is 0 Å². The van der Waals surface area contributed by atoms with Crippen molar-refractivity contribution in [1.29, 1.82) is 0 Å². The van der Waals surface area contributed by atoms with Gasteiger partial charge in [-0.2, -0.15) is 0 Å². The van der Waals surface area contributed by atoms with E-state index in [-0.39, 0.29) is 0 Å². The first-order valence-corrected chi connectivity index (χ1v) is 12.9. The van der Waals surface area contributed by atoms with Crippen molar-refractivity contribution in [3.63, 3.8) is 0 Å². The van der Waals surface area contributed by atoms with Crippen molar-refractivity contribution in [2.24, 2.45) is 0 Å². The highest BCUT2D eigenvalue weighted by Gasteiger charge is 2.23. The molecule has 32 heavy (non-hydrogen) atoms. The topological polar surface area (TPSA) is 9.72 Å². The summed E-state index contributed by atoms with van der Waals surface area (Å²) < 4.78 is 0. The van der Waals surface area contributed by atoms with Crippen molar-refractivity contribution in [3.05, 3.63) is 47.5 Å². The number of nitrogens with zero attached hydrogens (tertiary/aromatic N) is 3. The molecule has 2 aromatic rings. The summed E-state index contributed by atoms with van der Waals surface area (Å²) in [7, 11) is 8.54. The Labute approximate surface area is 197 Å². The lowest BCUT2D eigenvalue weighted by Crippen LogP contribution is -2.25. The van der Waals surface area contributed by atoms with Crippen LogP contribution in [0.15, 0.2) is 36.4 Å². The summed E-state index contributed by atoms with van der Waals surface area (Å²) in [4.78, 5) is 7.02. The van der Waals surface area contributed by atoms with Crippen molar-refractivity contribution >= 4 is 22.7 Å². The molecule has 1 aliphatic heterocycles. The second-order valence-electron chi connectivity index (χ2n) is 9.93. The Morgan fingerprint density at radius 3 is 1.50 bits per heavy atom. The van der Waals surface area contributed by atoms with Crippen molar-refractivity contribution in [2.45, 2.75) is 77.6 Å². The third-order valence-corrected chi connectivity index (χ3v) is 6.87. The average molecular weight is 436 g/mol. The number of hydrogen-bond acceptors (Lipinski definition) is 3. The van der Waals surface area contributed by atoms with Crippen LogP contribution in [-0.2, 0) is 6.42 Å². The first-order valence-electron chi connectivity index (χ1n) is 12.9. The van der Waals surface area contributed by atoms with E-state index in [1.54, 1.807) is 0 Å². The molecule has 0 atom stereocenters. The highest BCUT2D eigenvalue weighted by atomic mass is 15.2. The van der Waals surface area contributed by atoms with Crippen LogP contribution in [0.5, 0.6) is 0 Å². The van der Waals surface area contributed by atoms with Gasteiger partial charge in [0.15, 0.2) is 0 Å². The Balaban J connectivity index is 1.64. The lowest BCUT2D eigenvalue weighted by Gasteiger charge is -2.35. The minimum atomic E-state index is 1.03. The zero-order valence-corrected chi connectivity index (χ0v) is 21.3. The highest BCUT2D eigenvalue weighted by Crippen LogP contribution is 2.42. The highest BCUT2D eigenvalue weighted by molar-refractivity contribution is 5.79. The molecule has 3 nitrogen and oxygen atoms in total. The van der Waals surface area contributed by atoms with E-state index in [1.807, 2.05) is 0 Å². The number of unbranched alkanes of at least 4 members (excludes halogenated alkanes) is 9. The van der Waals surface area contributed by atoms with Crippen LogP contribution in [0, 0.1) is 0 Å². The van der Waals surface area contributed by atoms with E-state index in [4.69, 9.17) is 0 Å². The van der Waals surface area contributed by atoms with Crippen LogP contribution in [0.3, 0.4) is 0 Å². The number of rotatable bonds is 13. The predicted molar refractivity (Wildman–Crippen MR) is 143 cm³/mol. The summed E-state index contributed by atoms with van der Waals surface area (Å²) in [6.07, 6.45) is 14.8. The second kappa shape index (κ2) is 12.2. The largest absolute Gasteiger partial charge is 0.378 e. The molecule has 0 saturated heterocycles. The van der Waals surface area contributed by atoms with Crippen molar-refractivity contribution < 1.29 is 0 Å². The number of fused-ring (bicyclic) bond motifs is 2. The molecule has 0 unspecified atom stereocenters. The third kappa shape index (κ3) is 6.43. The van der Waals surface area contributed by atoms with Gasteiger partial charge in [0.2, 0.25) is 0 Å². The lowest BCUT2D eigenvalue weighted by molar-refractivity contribution is 0.557.